The quantitative estimate of drug-likeness (QED) is 0.773. The lowest BCUT2D eigenvalue weighted by Gasteiger charge is -2.36. The van der Waals surface area contributed by atoms with E-state index in [0.29, 0.717) is 39.1 Å². The molecular formula is C18H24FN3O3. The summed E-state index contributed by atoms with van der Waals surface area (Å²) in [6, 6.07) is 4.37. The third kappa shape index (κ3) is 4.29. The van der Waals surface area contributed by atoms with Gasteiger partial charge in [-0.1, -0.05) is 0 Å². The number of nitrogens with one attached hydrogen (secondary N) is 2. The first kappa shape index (κ1) is 17.7. The molecule has 0 bridgehead atoms. The molecule has 1 fully saturated rings. The number of hydrogen-bond acceptors (Lipinski definition) is 3. The minimum Gasteiger partial charge on any atom is -0.393 e. The van der Waals surface area contributed by atoms with Crippen molar-refractivity contribution in [2.75, 3.05) is 26.3 Å². The fourth-order valence-corrected chi connectivity index (χ4v) is 3.27. The summed E-state index contributed by atoms with van der Waals surface area (Å²) < 4.78 is 18.8. The van der Waals surface area contributed by atoms with Gasteiger partial charge in [0.2, 0.25) is 0 Å². The van der Waals surface area contributed by atoms with Gasteiger partial charge in [0.15, 0.2) is 0 Å². The molecule has 1 saturated heterocycles. The summed E-state index contributed by atoms with van der Waals surface area (Å²) in [7, 11) is 0. The Kier molecular flexibility index (Phi) is 5.55. The van der Waals surface area contributed by atoms with Crippen LogP contribution >= 0.6 is 0 Å². The van der Waals surface area contributed by atoms with E-state index in [1.54, 1.807) is 17.9 Å². The molecule has 0 spiro atoms. The van der Waals surface area contributed by atoms with Gasteiger partial charge in [-0.25, -0.2) is 9.18 Å². The normalized spacial score (nSPS) is 19.2. The average Bonchev–Trinajstić information content (AvgIpc) is 2.97. The summed E-state index contributed by atoms with van der Waals surface area (Å²) in [6.45, 7) is 3.63. The second-order valence-electron chi connectivity index (χ2n) is 6.49. The lowest BCUT2D eigenvalue weighted by atomic mass is 10.1. The minimum atomic E-state index is -0.483. The molecule has 1 aromatic carbocycles. The summed E-state index contributed by atoms with van der Waals surface area (Å²) in [5, 5.41) is 13.3. The Morgan fingerprint density at radius 3 is 3.20 bits per heavy atom. The van der Waals surface area contributed by atoms with Gasteiger partial charge in [0.05, 0.1) is 25.4 Å². The van der Waals surface area contributed by atoms with Crippen molar-refractivity contribution in [2.45, 2.75) is 31.9 Å². The van der Waals surface area contributed by atoms with Crippen LogP contribution in [0.15, 0.2) is 24.4 Å². The summed E-state index contributed by atoms with van der Waals surface area (Å²) in [4.78, 5) is 17.3. The lowest BCUT2D eigenvalue weighted by molar-refractivity contribution is -0.00425. The maximum absolute atomic E-state index is 13.4. The molecule has 3 rings (SSSR count). The van der Waals surface area contributed by atoms with E-state index in [0.717, 1.165) is 16.5 Å². The van der Waals surface area contributed by atoms with Crippen LogP contribution in [0.2, 0.25) is 0 Å². The Hall–Kier alpha value is -2.12. The van der Waals surface area contributed by atoms with E-state index < -0.39 is 6.10 Å². The molecule has 1 aliphatic rings. The molecule has 2 heterocycles. The van der Waals surface area contributed by atoms with Crippen LogP contribution < -0.4 is 5.32 Å². The third-order valence-corrected chi connectivity index (χ3v) is 4.50. The number of urea groups is 1. The van der Waals surface area contributed by atoms with E-state index >= 15 is 0 Å². The number of halogens is 1. The van der Waals surface area contributed by atoms with Crippen molar-refractivity contribution < 1.29 is 19.0 Å². The van der Waals surface area contributed by atoms with Crippen molar-refractivity contribution in [1.29, 1.82) is 0 Å². The number of aromatic amines is 1. The Morgan fingerprint density at radius 1 is 1.56 bits per heavy atom. The Morgan fingerprint density at radius 2 is 2.40 bits per heavy atom. The number of amides is 2. The molecule has 2 aromatic rings. The van der Waals surface area contributed by atoms with Crippen LogP contribution in [-0.4, -0.2) is 59.5 Å². The van der Waals surface area contributed by atoms with E-state index in [9.17, 15) is 14.3 Å². The minimum absolute atomic E-state index is 0.115. The third-order valence-electron chi connectivity index (χ3n) is 4.50. The summed E-state index contributed by atoms with van der Waals surface area (Å²) in [5.41, 5.74) is 1.85. The monoisotopic (exact) mass is 349 g/mol. The second kappa shape index (κ2) is 7.84. The van der Waals surface area contributed by atoms with Gasteiger partial charge in [0.25, 0.3) is 0 Å². The van der Waals surface area contributed by atoms with Crippen LogP contribution in [0.3, 0.4) is 0 Å². The summed E-state index contributed by atoms with van der Waals surface area (Å²) >= 11 is 0. The van der Waals surface area contributed by atoms with Crippen LogP contribution in [-0.2, 0) is 11.2 Å². The highest BCUT2D eigenvalue weighted by molar-refractivity contribution is 5.83. The number of hydrogen-bond donors (Lipinski definition) is 3. The molecule has 3 N–H and O–H groups in total. The van der Waals surface area contributed by atoms with Crippen molar-refractivity contribution >= 4 is 16.9 Å². The van der Waals surface area contributed by atoms with E-state index in [1.165, 1.54) is 12.1 Å². The van der Waals surface area contributed by atoms with Crippen LogP contribution in [0, 0.1) is 5.82 Å². The highest BCUT2D eigenvalue weighted by atomic mass is 19.1. The molecule has 25 heavy (non-hydrogen) atoms. The summed E-state index contributed by atoms with van der Waals surface area (Å²) in [5.74, 6) is -0.272. The number of benzene rings is 1. The molecular weight excluding hydrogens is 325 g/mol. The smallest absolute Gasteiger partial charge is 0.317 e. The standard InChI is InChI=1S/C18H24FN3O3/c1-12(23)8-15-11-25-7-6-22(15)18(24)20-5-4-13-10-21-17-3-2-14(19)9-16(13)17/h2-3,9-10,12,15,21,23H,4-8,11H2,1H3,(H,20,24)/t12-,15+/m1/s1. The van der Waals surface area contributed by atoms with E-state index in [2.05, 4.69) is 10.3 Å². The van der Waals surface area contributed by atoms with Gasteiger partial charge >= 0.3 is 6.03 Å². The Bertz CT molecular complexity index is 731. The second-order valence-corrected chi connectivity index (χ2v) is 6.49. The predicted molar refractivity (Wildman–Crippen MR) is 93.0 cm³/mol. The van der Waals surface area contributed by atoms with E-state index in [-0.39, 0.29) is 17.9 Å². The van der Waals surface area contributed by atoms with Crippen LogP contribution in [0.25, 0.3) is 10.9 Å². The lowest BCUT2D eigenvalue weighted by Crippen LogP contribution is -2.53. The molecule has 136 valence electrons. The fraction of sp³-hybridized carbons (Fsp3) is 0.500. The number of H-pyrrole nitrogens is 1. The predicted octanol–water partition coefficient (Wildman–Crippen LogP) is 2.03. The zero-order valence-electron chi connectivity index (χ0n) is 14.3. The van der Waals surface area contributed by atoms with Crippen LogP contribution in [0.1, 0.15) is 18.9 Å². The number of rotatable bonds is 5. The van der Waals surface area contributed by atoms with Crippen molar-refractivity contribution in [3.8, 4) is 0 Å². The van der Waals surface area contributed by atoms with Gasteiger partial charge in [0.1, 0.15) is 5.82 Å². The van der Waals surface area contributed by atoms with Gasteiger partial charge < -0.3 is 25.0 Å². The maximum Gasteiger partial charge on any atom is 0.317 e. The number of carbonyl (C=O) groups is 1. The number of ether oxygens (including phenoxy) is 1. The maximum atomic E-state index is 13.4. The number of nitrogens with zero attached hydrogens (tertiary/aromatic N) is 1. The topological polar surface area (TPSA) is 77.6 Å². The number of aliphatic hydroxyl groups is 1. The number of aromatic nitrogens is 1. The van der Waals surface area contributed by atoms with Crippen LogP contribution in [0.4, 0.5) is 9.18 Å². The van der Waals surface area contributed by atoms with E-state index in [1.807, 2.05) is 6.20 Å². The van der Waals surface area contributed by atoms with Gasteiger partial charge in [-0.3, -0.25) is 0 Å². The molecule has 7 heteroatoms. The molecule has 1 aromatic heterocycles. The number of fused-ring (bicyclic) bond motifs is 1. The fourth-order valence-electron chi connectivity index (χ4n) is 3.27. The zero-order valence-corrected chi connectivity index (χ0v) is 14.3. The molecule has 0 aliphatic carbocycles. The average molecular weight is 349 g/mol. The molecule has 0 radical (unpaired) electrons. The molecule has 0 unspecified atom stereocenters. The number of carbonyl (C=O) groups excluding carboxylic acids is 1. The highest BCUT2D eigenvalue weighted by Gasteiger charge is 2.28. The van der Waals surface area contributed by atoms with Gasteiger partial charge in [0, 0.05) is 30.2 Å². The SMILES string of the molecule is C[C@@H](O)C[C@H]1COCCN1C(=O)NCCc1c[nH]c2ccc(F)cc12. The van der Waals surface area contributed by atoms with Crippen molar-refractivity contribution in [1.82, 2.24) is 15.2 Å². The Labute approximate surface area is 146 Å². The first-order valence-electron chi connectivity index (χ1n) is 8.60. The number of aliphatic hydroxyl groups excluding tert-OH is 1. The molecule has 2 atom stereocenters. The molecule has 0 saturated carbocycles. The molecule has 1 aliphatic heterocycles. The zero-order chi connectivity index (χ0) is 17.8. The Balaban J connectivity index is 1.57. The van der Waals surface area contributed by atoms with Crippen molar-refractivity contribution in [2.24, 2.45) is 0 Å². The largest absolute Gasteiger partial charge is 0.393 e. The number of morpholine rings is 1. The summed E-state index contributed by atoms with van der Waals surface area (Å²) in [6.07, 6.45) is 2.47. The highest BCUT2D eigenvalue weighted by Crippen LogP contribution is 2.19. The van der Waals surface area contributed by atoms with Gasteiger partial charge in [-0.05, 0) is 43.5 Å². The molecule has 2 amide bonds. The van der Waals surface area contributed by atoms with Crippen LogP contribution in [0.5, 0.6) is 0 Å². The van der Waals surface area contributed by atoms with Crippen molar-refractivity contribution in [3.05, 3.63) is 35.8 Å². The van der Waals surface area contributed by atoms with Gasteiger partial charge in [-0.2, -0.15) is 0 Å². The first-order valence-corrected chi connectivity index (χ1v) is 8.60. The van der Waals surface area contributed by atoms with Crippen molar-refractivity contribution in [3.63, 3.8) is 0 Å². The molecule has 6 nitrogen and oxygen atoms in total. The van der Waals surface area contributed by atoms with E-state index in [4.69, 9.17) is 4.74 Å². The van der Waals surface area contributed by atoms with Gasteiger partial charge in [-0.15, -0.1) is 0 Å². The first-order chi connectivity index (χ1) is 12.0.